The lowest BCUT2D eigenvalue weighted by atomic mass is 9.77. The summed E-state index contributed by atoms with van der Waals surface area (Å²) in [5.74, 6) is 0.231. The molecule has 0 saturated carbocycles. The molecule has 1 unspecified atom stereocenters. The van der Waals surface area contributed by atoms with Crippen LogP contribution in [0.5, 0.6) is 0 Å². The molecule has 0 aromatic carbocycles. The summed E-state index contributed by atoms with van der Waals surface area (Å²) in [6.45, 7) is 8.32. The van der Waals surface area contributed by atoms with Crippen LogP contribution in [0.2, 0.25) is 0 Å². The lowest BCUT2D eigenvalue weighted by Crippen LogP contribution is -2.35. The molecule has 1 atom stereocenters. The van der Waals surface area contributed by atoms with Crippen LogP contribution in [0.1, 0.15) is 34.1 Å². The monoisotopic (exact) mass is 157 g/mol. The fraction of sp³-hybridized carbons (Fsp3) is 0.889. The van der Waals surface area contributed by atoms with Gasteiger partial charge < -0.3 is 5.32 Å². The molecule has 0 radical (unpaired) electrons. The van der Waals surface area contributed by atoms with Crippen LogP contribution in [0.3, 0.4) is 0 Å². The molecule has 0 bridgehead atoms. The molecule has 2 heteroatoms. The van der Waals surface area contributed by atoms with Crippen LogP contribution in [0, 0.1) is 11.3 Å². The van der Waals surface area contributed by atoms with Crippen LogP contribution < -0.4 is 5.32 Å². The first-order valence-electron chi connectivity index (χ1n) is 4.17. The van der Waals surface area contributed by atoms with Gasteiger partial charge >= 0.3 is 0 Å². The summed E-state index contributed by atoms with van der Waals surface area (Å²) in [6.07, 6.45) is 1.03. The lowest BCUT2D eigenvalue weighted by molar-refractivity contribution is -0.127. The van der Waals surface area contributed by atoms with Crippen LogP contribution in [0.4, 0.5) is 0 Å². The second-order valence-corrected chi connectivity index (χ2v) is 3.68. The van der Waals surface area contributed by atoms with Gasteiger partial charge in [-0.3, -0.25) is 4.79 Å². The van der Waals surface area contributed by atoms with Gasteiger partial charge in [-0.1, -0.05) is 34.1 Å². The van der Waals surface area contributed by atoms with Gasteiger partial charge in [0.15, 0.2) is 0 Å². The van der Waals surface area contributed by atoms with E-state index in [1.807, 2.05) is 6.92 Å². The van der Waals surface area contributed by atoms with Crippen LogP contribution in [-0.4, -0.2) is 13.0 Å². The molecule has 66 valence electrons. The van der Waals surface area contributed by atoms with Crippen molar-refractivity contribution < 1.29 is 4.79 Å². The highest BCUT2D eigenvalue weighted by Crippen LogP contribution is 2.29. The maximum Gasteiger partial charge on any atom is 0.223 e. The average Bonchev–Trinajstić information content (AvgIpc) is 2.01. The number of carbonyl (C=O) groups excluding carboxylic acids is 1. The number of nitrogens with one attached hydrogen (secondary N) is 1. The van der Waals surface area contributed by atoms with Gasteiger partial charge in [0.25, 0.3) is 0 Å². The molecule has 1 N–H and O–H groups in total. The quantitative estimate of drug-likeness (QED) is 0.665. The molecule has 0 heterocycles. The van der Waals surface area contributed by atoms with Gasteiger partial charge in [-0.05, 0) is 5.41 Å². The summed E-state index contributed by atoms with van der Waals surface area (Å²) in [5, 5.41) is 2.67. The largest absolute Gasteiger partial charge is 0.359 e. The summed E-state index contributed by atoms with van der Waals surface area (Å²) in [4.78, 5) is 11.2. The van der Waals surface area contributed by atoms with Crippen LogP contribution >= 0.6 is 0 Å². The average molecular weight is 157 g/mol. The van der Waals surface area contributed by atoms with Crippen molar-refractivity contribution >= 4 is 5.91 Å². The molecule has 0 aromatic heterocycles. The first-order valence-corrected chi connectivity index (χ1v) is 4.17. The van der Waals surface area contributed by atoms with Crippen molar-refractivity contribution in [2.24, 2.45) is 11.3 Å². The molecule has 0 saturated heterocycles. The van der Waals surface area contributed by atoms with E-state index in [1.54, 1.807) is 7.05 Å². The third-order valence-corrected chi connectivity index (χ3v) is 2.72. The van der Waals surface area contributed by atoms with Gasteiger partial charge in [-0.2, -0.15) is 0 Å². The van der Waals surface area contributed by atoms with Crippen molar-refractivity contribution in [3.05, 3.63) is 0 Å². The smallest absolute Gasteiger partial charge is 0.223 e. The van der Waals surface area contributed by atoms with Crippen molar-refractivity contribution in [2.45, 2.75) is 34.1 Å². The molecular weight excluding hydrogens is 138 g/mol. The minimum absolute atomic E-state index is 0.0949. The van der Waals surface area contributed by atoms with Crippen molar-refractivity contribution in [1.82, 2.24) is 5.32 Å². The van der Waals surface area contributed by atoms with Gasteiger partial charge in [0, 0.05) is 13.0 Å². The van der Waals surface area contributed by atoms with Crippen molar-refractivity contribution in [2.75, 3.05) is 7.05 Å². The molecule has 2 nitrogen and oxygen atoms in total. The van der Waals surface area contributed by atoms with E-state index in [-0.39, 0.29) is 17.2 Å². The zero-order valence-electron chi connectivity index (χ0n) is 8.19. The van der Waals surface area contributed by atoms with Gasteiger partial charge in [-0.25, -0.2) is 0 Å². The first kappa shape index (κ1) is 10.5. The minimum Gasteiger partial charge on any atom is -0.359 e. The Morgan fingerprint density at radius 3 is 2.27 bits per heavy atom. The normalized spacial score (nSPS) is 14.3. The third-order valence-electron chi connectivity index (χ3n) is 2.72. The summed E-state index contributed by atoms with van der Waals surface area (Å²) in [5.41, 5.74) is 0.111. The Hall–Kier alpha value is -0.530. The lowest BCUT2D eigenvalue weighted by Gasteiger charge is -2.28. The van der Waals surface area contributed by atoms with E-state index in [1.165, 1.54) is 0 Å². The van der Waals surface area contributed by atoms with Crippen LogP contribution in [0.15, 0.2) is 0 Å². The van der Waals surface area contributed by atoms with Gasteiger partial charge in [0.2, 0.25) is 5.91 Å². The zero-order chi connectivity index (χ0) is 9.07. The second-order valence-electron chi connectivity index (χ2n) is 3.68. The first-order chi connectivity index (χ1) is 4.95. The predicted octanol–water partition coefficient (Wildman–Crippen LogP) is 1.80. The topological polar surface area (TPSA) is 29.1 Å². The molecule has 11 heavy (non-hydrogen) atoms. The van der Waals surface area contributed by atoms with E-state index < -0.39 is 0 Å². The Morgan fingerprint density at radius 2 is 2.00 bits per heavy atom. The number of amides is 1. The van der Waals surface area contributed by atoms with E-state index in [0.717, 1.165) is 6.42 Å². The van der Waals surface area contributed by atoms with E-state index >= 15 is 0 Å². The SMILES string of the molecule is CCC(C)(C)C(C)C(=O)NC. The minimum atomic E-state index is 0.0949. The Bertz CT molecular complexity index is 140. The maximum atomic E-state index is 11.2. The molecule has 0 aromatic rings. The molecule has 0 aliphatic carbocycles. The third kappa shape index (κ3) is 2.52. The highest BCUT2D eigenvalue weighted by molar-refractivity contribution is 5.78. The standard InChI is InChI=1S/C9H19NO/c1-6-9(3,4)7(2)8(11)10-5/h7H,6H2,1-5H3,(H,10,11). The highest BCUT2D eigenvalue weighted by Gasteiger charge is 2.28. The fourth-order valence-corrected chi connectivity index (χ4v) is 0.878. The second kappa shape index (κ2) is 3.74. The summed E-state index contributed by atoms with van der Waals surface area (Å²) >= 11 is 0. The Labute approximate surface area is 69.4 Å². The summed E-state index contributed by atoms with van der Waals surface area (Å²) in [6, 6.07) is 0. The predicted molar refractivity (Wildman–Crippen MR) is 47.3 cm³/mol. The molecule has 0 aliphatic rings. The molecule has 1 amide bonds. The maximum absolute atomic E-state index is 11.2. The van der Waals surface area contributed by atoms with Gasteiger partial charge in [0.1, 0.15) is 0 Å². The van der Waals surface area contributed by atoms with Gasteiger partial charge in [0.05, 0.1) is 0 Å². The molecule has 0 aliphatic heterocycles. The molecule has 0 fully saturated rings. The Kier molecular flexibility index (Phi) is 3.56. The van der Waals surface area contributed by atoms with Gasteiger partial charge in [-0.15, -0.1) is 0 Å². The molecular formula is C9H19NO. The Balaban J connectivity index is 4.22. The van der Waals surface area contributed by atoms with E-state index in [2.05, 4.69) is 26.1 Å². The van der Waals surface area contributed by atoms with E-state index in [9.17, 15) is 4.79 Å². The van der Waals surface area contributed by atoms with Crippen molar-refractivity contribution in [1.29, 1.82) is 0 Å². The number of carbonyl (C=O) groups is 1. The summed E-state index contributed by atoms with van der Waals surface area (Å²) < 4.78 is 0. The number of hydrogen-bond acceptors (Lipinski definition) is 1. The van der Waals surface area contributed by atoms with E-state index in [0.29, 0.717) is 0 Å². The molecule has 0 spiro atoms. The van der Waals surface area contributed by atoms with E-state index in [4.69, 9.17) is 0 Å². The Morgan fingerprint density at radius 1 is 1.55 bits per heavy atom. The summed E-state index contributed by atoms with van der Waals surface area (Å²) in [7, 11) is 1.69. The van der Waals surface area contributed by atoms with Crippen LogP contribution in [-0.2, 0) is 4.79 Å². The highest BCUT2D eigenvalue weighted by atomic mass is 16.1. The molecule has 0 rings (SSSR count). The number of rotatable bonds is 3. The van der Waals surface area contributed by atoms with Crippen molar-refractivity contribution in [3.63, 3.8) is 0 Å². The fourth-order valence-electron chi connectivity index (χ4n) is 0.878. The zero-order valence-corrected chi connectivity index (χ0v) is 8.19. The van der Waals surface area contributed by atoms with Crippen molar-refractivity contribution in [3.8, 4) is 0 Å². The number of hydrogen-bond donors (Lipinski definition) is 1. The van der Waals surface area contributed by atoms with Crippen LogP contribution in [0.25, 0.3) is 0 Å².